The van der Waals surface area contributed by atoms with Gasteiger partial charge in [0.05, 0.1) is 5.60 Å². The molecule has 0 aromatic rings. The van der Waals surface area contributed by atoms with Crippen LogP contribution in [0.3, 0.4) is 0 Å². The van der Waals surface area contributed by atoms with E-state index in [1.807, 2.05) is 13.8 Å². The fraction of sp³-hybridized carbons (Fsp3) is 1.00. The first-order valence-electron chi connectivity index (χ1n) is 5.93. The molecule has 0 heterocycles. The maximum Gasteiger partial charge on any atom is 0.0594 e. The average Bonchev–Trinajstić information content (AvgIpc) is 1.77. The standard InChI is InChI=1S/C13H28O/c1-10(2)7-11(3)8-12(4)9-13(5,6)14/h10-12,14H,7-9H2,1-6H3/t11-,12+/m1/s1. The predicted octanol–water partition coefficient (Wildman–Crippen LogP) is 3.86. The van der Waals surface area contributed by atoms with E-state index in [2.05, 4.69) is 27.7 Å². The summed E-state index contributed by atoms with van der Waals surface area (Å²) in [4.78, 5) is 0. The molecule has 0 rings (SSSR count). The van der Waals surface area contributed by atoms with E-state index in [4.69, 9.17) is 0 Å². The summed E-state index contributed by atoms with van der Waals surface area (Å²) in [6.45, 7) is 12.9. The summed E-state index contributed by atoms with van der Waals surface area (Å²) >= 11 is 0. The van der Waals surface area contributed by atoms with Crippen molar-refractivity contribution in [1.29, 1.82) is 0 Å². The molecule has 0 fully saturated rings. The quantitative estimate of drug-likeness (QED) is 0.690. The van der Waals surface area contributed by atoms with Crippen LogP contribution >= 0.6 is 0 Å². The van der Waals surface area contributed by atoms with Gasteiger partial charge in [0.25, 0.3) is 0 Å². The fourth-order valence-corrected chi connectivity index (χ4v) is 2.52. The van der Waals surface area contributed by atoms with E-state index >= 15 is 0 Å². The van der Waals surface area contributed by atoms with Gasteiger partial charge in [-0.3, -0.25) is 0 Å². The Morgan fingerprint density at radius 1 is 0.929 bits per heavy atom. The van der Waals surface area contributed by atoms with Crippen LogP contribution in [0.4, 0.5) is 0 Å². The van der Waals surface area contributed by atoms with E-state index in [9.17, 15) is 5.11 Å². The molecule has 0 amide bonds. The fourth-order valence-electron chi connectivity index (χ4n) is 2.52. The van der Waals surface area contributed by atoms with Crippen molar-refractivity contribution in [2.24, 2.45) is 17.8 Å². The topological polar surface area (TPSA) is 20.2 Å². The van der Waals surface area contributed by atoms with Crippen molar-refractivity contribution in [3.63, 3.8) is 0 Å². The Bertz CT molecular complexity index is 144. The number of hydrogen-bond acceptors (Lipinski definition) is 1. The zero-order valence-electron chi connectivity index (χ0n) is 10.8. The van der Waals surface area contributed by atoms with Crippen LogP contribution < -0.4 is 0 Å². The number of hydrogen-bond donors (Lipinski definition) is 1. The van der Waals surface area contributed by atoms with Gasteiger partial charge >= 0.3 is 0 Å². The molecule has 0 aliphatic carbocycles. The van der Waals surface area contributed by atoms with Crippen LogP contribution in [0.25, 0.3) is 0 Å². The molecule has 0 aliphatic heterocycles. The molecule has 0 aromatic heterocycles. The lowest BCUT2D eigenvalue weighted by Crippen LogP contribution is -2.23. The maximum absolute atomic E-state index is 9.68. The lowest BCUT2D eigenvalue weighted by Gasteiger charge is -2.24. The summed E-state index contributed by atoms with van der Waals surface area (Å²) in [5.41, 5.74) is -0.503. The van der Waals surface area contributed by atoms with Crippen molar-refractivity contribution >= 4 is 0 Å². The Hall–Kier alpha value is -0.0400. The molecule has 1 N–H and O–H groups in total. The Morgan fingerprint density at radius 2 is 1.43 bits per heavy atom. The van der Waals surface area contributed by atoms with Crippen LogP contribution in [0.1, 0.15) is 60.8 Å². The van der Waals surface area contributed by atoms with Crippen LogP contribution in [-0.2, 0) is 0 Å². The largest absolute Gasteiger partial charge is 0.390 e. The van der Waals surface area contributed by atoms with E-state index in [0.717, 1.165) is 18.3 Å². The molecule has 1 heteroatoms. The van der Waals surface area contributed by atoms with Crippen molar-refractivity contribution in [2.75, 3.05) is 0 Å². The van der Waals surface area contributed by atoms with Gasteiger partial charge in [0.1, 0.15) is 0 Å². The maximum atomic E-state index is 9.68. The minimum Gasteiger partial charge on any atom is -0.390 e. The van der Waals surface area contributed by atoms with Crippen LogP contribution in [0.2, 0.25) is 0 Å². The van der Waals surface area contributed by atoms with Crippen LogP contribution in [0.5, 0.6) is 0 Å². The molecule has 0 saturated heterocycles. The van der Waals surface area contributed by atoms with Crippen molar-refractivity contribution < 1.29 is 5.11 Å². The third-order valence-corrected chi connectivity index (χ3v) is 2.53. The summed E-state index contributed by atoms with van der Waals surface area (Å²) < 4.78 is 0. The second-order valence-corrected chi connectivity index (χ2v) is 6.09. The third-order valence-electron chi connectivity index (χ3n) is 2.53. The smallest absolute Gasteiger partial charge is 0.0594 e. The van der Waals surface area contributed by atoms with Crippen molar-refractivity contribution in [2.45, 2.75) is 66.4 Å². The summed E-state index contributed by atoms with van der Waals surface area (Å²) in [7, 11) is 0. The highest BCUT2D eigenvalue weighted by Gasteiger charge is 2.19. The molecular formula is C13H28O. The lowest BCUT2D eigenvalue weighted by atomic mass is 9.85. The van der Waals surface area contributed by atoms with Crippen molar-refractivity contribution in [3.8, 4) is 0 Å². The zero-order chi connectivity index (χ0) is 11.4. The first kappa shape index (κ1) is 14.0. The van der Waals surface area contributed by atoms with Crippen LogP contribution in [0.15, 0.2) is 0 Å². The van der Waals surface area contributed by atoms with Crippen molar-refractivity contribution in [3.05, 3.63) is 0 Å². The molecular weight excluding hydrogens is 172 g/mol. The van der Waals surface area contributed by atoms with Gasteiger partial charge < -0.3 is 5.11 Å². The Morgan fingerprint density at radius 3 is 1.79 bits per heavy atom. The molecule has 0 spiro atoms. The highest BCUT2D eigenvalue weighted by molar-refractivity contribution is 4.71. The second kappa shape index (κ2) is 5.75. The van der Waals surface area contributed by atoms with E-state index in [0.29, 0.717) is 5.92 Å². The van der Waals surface area contributed by atoms with Gasteiger partial charge in [0, 0.05) is 0 Å². The molecule has 0 aromatic carbocycles. The van der Waals surface area contributed by atoms with E-state index in [-0.39, 0.29) is 0 Å². The molecule has 0 unspecified atom stereocenters. The normalized spacial score (nSPS) is 17.1. The number of aliphatic hydroxyl groups is 1. The van der Waals surface area contributed by atoms with Gasteiger partial charge in [-0.1, -0.05) is 27.7 Å². The predicted molar refractivity (Wildman–Crippen MR) is 63.3 cm³/mol. The molecule has 2 atom stereocenters. The molecule has 0 saturated carbocycles. The Balaban J connectivity index is 3.76. The van der Waals surface area contributed by atoms with Gasteiger partial charge in [0.15, 0.2) is 0 Å². The Labute approximate surface area is 89.9 Å². The van der Waals surface area contributed by atoms with Gasteiger partial charge in [0.2, 0.25) is 0 Å². The molecule has 1 nitrogen and oxygen atoms in total. The summed E-state index contributed by atoms with van der Waals surface area (Å²) in [6.07, 6.45) is 3.45. The second-order valence-electron chi connectivity index (χ2n) is 6.09. The molecule has 0 aliphatic rings. The molecule has 86 valence electrons. The van der Waals surface area contributed by atoms with Gasteiger partial charge in [-0.2, -0.15) is 0 Å². The summed E-state index contributed by atoms with van der Waals surface area (Å²) in [6, 6.07) is 0. The summed E-state index contributed by atoms with van der Waals surface area (Å²) in [5, 5.41) is 9.68. The van der Waals surface area contributed by atoms with Crippen molar-refractivity contribution in [1.82, 2.24) is 0 Å². The van der Waals surface area contributed by atoms with Gasteiger partial charge in [-0.15, -0.1) is 0 Å². The van der Waals surface area contributed by atoms with Gasteiger partial charge in [-0.05, 0) is 50.9 Å². The molecule has 0 bridgehead atoms. The van der Waals surface area contributed by atoms with Crippen LogP contribution in [0, 0.1) is 17.8 Å². The van der Waals surface area contributed by atoms with E-state index < -0.39 is 5.60 Å². The van der Waals surface area contributed by atoms with Gasteiger partial charge in [-0.25, -0.2) is 0 Å². The van der Waals surface area contributed by atoms with Crippen LogP contribution in [-0.4, -0.2) is 10.7 Å². The number of rotatable bonds is 6. The summed E-state index contributed by atoms with van der Waals surface area (Å²) in [5.74, 6) is 2.20. The average molecular weight is 200 g/mol. The minimum atomic E-state index is -0.503. The molecule has 0 radical (unpaired) electrons. The highest BCUT2D eigenvalue weighted by atomic mass is 16.3. The molecule has 14 heavy (non-hydrogen) atoms. The minimum absolute atomic E-state index is 0.503. The highest BCUT2D eigenvalue weighted by Crippen LogP contribution is 2.25. The monoisotopic (exact) mass is 200 g/mol. The Kier molecular flexibility index (Phi) is 5.73. The zero-order valence-corrected chi connectivity index (χ0v) is 10.8. The lowest BCUT2D eigenvalue weighted by molar-refractivity contribution is 0.0512. The first-order valence-corrected chi connectivity index (χ1v) is 5.93. The van der Waals surface area contributed by atoms with E-state index in [1.54, 1.807) is 0 Å². The third kappa shape index (κ3) is 8.55. The SMILES string of the molecule is CC(C)C[C@@H](C)C[C@H](C)CC(C)(C)O. The first-order chi connectivity index (χ1) is 6.20. The van der Waals surface area contributed by atoms with E-state index in [1.165, 1.54) is 12.8 Å².